The summed E-state index contributed by atoms with van der Waals surface area (Å²) in [6, 6.07) is 7.69. The Balaban J connectivity index is 1.56. The van der Waals surface area contributed by atoms with Crippen LogP contribution in [0.5, 0.6) is 11.5 Å². The molecule has 0 bridgehead atoms. The van der Waals surface area contributed by atoms with E-state index in [1.165, 1.54) is 6.42 Å². The SMILES string of the molecule is CCC1CCCCN1C(=O)c1cc(Nc2ccc3c(c2)OCCO3)nc(C)n1. The van der Waals surface area contributed by atoms with Crippen molar-refractivity contribution in [2.75, 3.05) is 25.1 Å². The molecule has 2 aliphatic heterocycles. The maximum Gasteiger partial charge on any atom is 0.272 e. The molecular formula is C21H26N4O3. The Labute approximate surface area is 165 Å². The van der Waals surface area contributed by atoms with E-state index < -0.39 is 0 Å². The fourth-order valence-electron chi connectivity index (χ4n) is 3.85. The number of aryl methyl sites for hydroxylation is 1. The predicted molar refractivity (Wildman–Crippen MR) is 106 cm³/mol. The fourth-order valence-corrected chi connectivity index (χ4v) is 3.85. The zero-order valence-corrected chi connectivity index (χ0v) is 16.4. The van der Waals surface area contributed by atoms with Gasteiger partial charge in [0.05, 0.1) is 0 Å². The van der Waals surface area contributed by atoms with Gasteiger partial charge in [-0.1, -0.05) is 6.92 Å². The Morgan fingerprint density at radius 3 is 2.82 bits per heavy atom. The molecule has 0 radical (unpaired) electrons. The molecule has 28 heavy (non-hydrogen) atoms. The van der Waals surface area contributed by atoms with Crippen molar-refractivity contribution in [1.82, 2.24) is 14.9 Å². The number of ether oxygens (including phenoxy) is 2. The van der Waals surface area contributed by atoms with Crippen LogP contribution in [0.1, 0.15) is 48.9 Å². The summed E-state index contributed by atoms with van der Waals surface area (Å²) in [5.41, 5.74) is 1.26. The first-order chi connectivity index (χ1) is 13.6. The van der Waals surface area contributed by atoms with Crippen LogP contribution in [0.3, 0.4) is 0 Å². The van der Waals surface area contributed by atoms with Crippen molar-refractivity contribution in [2.45, 2.75) is 45.6 Å². The molecule has 1 aromatic carbocycles. The molecule has 1 atom stereocenters. The molecule has 3 heterocycles. The first kappa shape index (κ1) is 18.5. The Morgan fingerprint density at radius 2 is 2.00 bits per heavy atom. The number of anilines is 2. The summed E-state index contributed by atoms with van der Waals surface area (Å²) in [6.45, 7) is 5.84. The number of nitrogens with zero attached hydrogens (tertiary/aromatic N) is 3. The number of amides is 1. The highest BCUT2D eigenvalue weighted by atomic mass is 16.6. The van der Waals surface area contributed by atoms with Gasteiger partial charge in [-0.25, -0.2) is 9.97 Å². The van der Waals surface area contributed by atoms with E-state index >= 15 is 0 Å². The van der Waals surface area contributed by atoms with Gasteiger partial charge in [-0.05, 0) is 44.7 Å². The van der Waals surface area contributed by atoms with Gasteiger partial charge in [-0.3, -0.25) is 4.79 Å². The lowest BCUT2D eigenvalue weighted by molar-refractivity contribution is 0.0601. The topological polar surface area (TPSA) is 76.6 Å². The minimum Gasteiger partial charge on any atom is -0.486 e. The number of likely N-dealkylation sites (tertiary alicyclic amines) is 1. The van der Waals surface area contributed by atoms with E-state index in [4.69, 9.17) is 9.47 Å². The second kappa shape index (κ2) is 8.04. The quantitative estimate of drug-likeness (QED) is 0.869. The lowest BCUT2D eigenvalue weighted by Crippen LogP contribution is -2.43. The van der Waals surface area contributed by atoms with Gasteiger partial charge in [0.1, 0.15) is 30.5 Å². The highest BCUT2D eigenvalue weighted by Crippen LogP contribution is 2.33. The van der Waals surface area contributed by atoms with Crippen molar-refractivity contribution in [3.05, 3.63) is 35.8 Å². The van der Waals surface area contributed by atoms with Gasteiger partial charge in [-0.15, -0.1) is 0 Å². The van der Waals surface area contributed by atoms with Gasteiger partial charge in [-0.2, -0.15) is 0 Å². The molecule has 7 heteroatoms. The number of piperidine rings is 1. The second-order valence-electron chi connectivity index (χ2n) is 7.23. The van der Waals surface area contributed by atoms with Crippen LogP contribution in [0.2, 0.25) is 0 Å². The van der Waals surface area contributed by atoms with E-state index in [9.17, 15) is 4.79 Å². The van der Waals surface area contributed by atoms with Gasteiger partial charge in [0.25, 0.3) is 5.91 Å². The van der Waals surface area contributed by atoms with E-state index in [0.717, 1.165) is 37.2 Å². The lowest BCUT2D eigenvalue weighted by atomic mass is 9.99. The normalized spacial score (nSPS) is 18.6. The van der Waals surface area contributed by atoms with Crippen LogP contribution in [-0.4, -0.2) is 46.6 Å². The molecule has 0 saturated carbocycles. The number of aromatic nitrogens is 2. The largest absolute Gasteiger partial charge is 0.486 e. The smallest absolute Gasteiger partial charge is 0.272 e. The number of carbonyl (C=O) groups excluding carboxylic acids is 1. The zero-order chi connectivity index (χ0) is 19.5. The molecule has 4 rings (SSSR count). The molecule has 1 aromatic heterocycles. The maximum absolute atomic E-state index is 13.1. The molecule has 0 aliphatic carbocycles. The second-order valence-corrected chi connectivity index (χ2v) is 7.23. The molecule has 7 nitrogen and oxygen atoms in total. The first-order valence-corrected chi connectivity index (χ1v) is 9.97. The Hall–Kier alpha value is -2.83. The van der Waals surface area contributed by atoms with Crippen molar-refractivity contribution in [1.29, 1.82) is 0 Å². The molecule has 2 aliphatic rings. The van der Waals surface area contributed by atoms with Gasteiger partial charge in [0.2, 0.25) is 0 Å². The monoisotopic (exact) mass is 382 g/mol. The number of carbonyl (C=O) groups is 1. The first-order valence-electron chi connectivity index (χ1n) is 9.97. The van der Waals surface area contributed by atoms with Crippen molar-refractivity contribution >= 4 is 17.4 Å². The minimum atomic E-state index is -0.0118. The lowest BCUT2D eigenvalue weighted by Gasteiger charge is -2.35. The number of fused-ring (bicyclic) bond motifs is 1. The summed E-state index contributed by atoms with van der Waals surface area (Å²) in [4.78, 5) is 23.9. The van der Waals surface area contributed by atoms with Gasteiger partial charge in [0, 0.05) is 30.4 Å². The number of hydrogen-bond acceptors (Lipinski definition) is 6. The summed E-state index contributed by atoms with van der Waals surface area (Å²) < 4.78 is 11.2. The number of nitrogens with one attached hydrogen (secondary N) is 1. The predicted octanol–water partition coefficient (Wildman–Crippen LogP) is 3.70. The van der Waals surface area contributed by atoms with Gasteiger partial charge >= 0.3 is 0 Å². The third-order valence-electron chi connectivity index (χ3n) is 5.23. The summed E-state index contributed by atoms with van der Waals surface area (Å²) in [6.07, 6.45) is 4.27. The van der Waals surface area contributed by atoms with Crippen molar-refractivity contribution < 1.29 is 14.3 Å². The number of benzene rings is 1. The molecule has 1 amide bonds. The molecule has 1 unspecified atom stereocenters. The molecule has 1 N–H and O–H groups in total. The Bertz CT molecular complexity index is 871. The fraction of sp³-hybridized carbons (Fsp3) is 0.476. The Kier molecular flexibility index (Phi) is 5.32. The number of rotatable bonds is 4. The minimum absolute atomic E-state index is 0.0118. The summed E-state index contributed by atoms with van der Waals surface area (Å²) in [5, 5.41) is 3.26. The highest BCUT2D eigenvalue weighted by molar-refractivity contribution is 5.93. The summed E-state index contributed by atoms with van der Waals surface area (Å²) in [5.74, 6) is 2.59. The van der Waals surface area contributed by atoms with E-state index in [0.29, 0.717) is 42.3 Å². The average molecular weight is 382 g/mol. The van der Waals surface area contributed by atoms with Crippen LogP contribution in [0.15, 0.2) is 24.3 Å². The number of hydrogen-bond donors (Lipinski definition) is 1. The molecule has 0 spiro atoms. The van der Waals surface area contributed by atoms with Crippen LogP contribution in [0, 0.1) is 6.92 Å². The third-order valence-corrected chi connectivity index (χ3v) is 5.23. The van der Waals surface area contributed by atoms with Crippen LogP contribution in [0.4, 0.5) is 11.5 Å². The summed E-state index contributed by atoms with van der Waals surface area (Å²) >= 11 is 0. The van der Waals surface area contributed by atoms with Crippen LogP contribution in [0.25, 0.3) is 0 Å². The van der Waals surface area contributed by atoms with E-state index in [1.54, 1.807) is 13.0 Å². The molecular weight excluding hydrogens is 356 g/mol. The summed E-state index contributed by atoms with van der Waals surface area (Å²) in [7, 11) is 0. The molecule has 148 valence electrons. The van der Waals surface area contributed by atoms with E-state index in [1.807, 2.05) is 23.1 Å². The van der Waals surface area contributed by atoms with Crippen molar-refractivity contribution in [3.63, 3.8) is 0 Å². The van der Waals surface area contributed by atoms with Crippen molar-refractivity contribution in [2.24, 2.45) is 0 Å². The molecule has 1 fully saturated rings. The molecule has 2 aromatic rings. The van der Waals surface area contributed by atoms with Gasteiger partial charge < -0.3 is 19.7 Å². The Morgan fingerprint density at radius 1 is 1.18 bits per heavy atom. The standard InChI is InChI=1S/C21H26N4O3/c1-3-16-6-4-5-9-25(16)21(26)17-13-20(23-14(2)22-17)24-15-7-8-18-19(12-15)28-11-10-27-18/h7-8,12-13,16H,3-6,9-11H2,1-2H3,(H,22,23,24). The molecule has 1 saturated heterocycles. The maximum atomic E-state index is 13.1. The highest BCUT2D eigenvalue weighted by Gasteiger charge is 2.27. The van der Waals surface area contributed by atoms with Crippen LogP contribution in [-0.2, 0) is 0 Å². The van der Waals surface area contributed by atoms with E-state index in [-0.39, 0.29) is 5.91 Å². The van der Waals surface area contributed by atoms with E-state index in [2.05, 4.69) is 22.2 Å². The average Bonchev–Trinajstić information content (AvgIpc) is 2.72. The van der Waals surface area contributed by atoms with Crippen molar-refractivity contribution in [3.8, 4) is 11.5 Å². The third kappa shape index (κ3) is 3.88. The zero-order valence-electron chi connectivity index (χ0n) is 16.4. The van der Waals surface area contributed by atoms with Gasteiger partial charge in [0.15, 0.2) is 11.5 Å². The van der Waals surface area contributed by atoms with Crippen LogP contribution < -0.4 is 14.8 Å². The van der Waals surface area contributed by atoms with Crippen LogP contribution >= 0.6 is 0 Å².